The molecule has 2 unspecified atom stereocenters. The van der Waals surface area contributed by atoms with E-state index in [1.165, 1.54) is 0 Å². The summed E-state index contributed by atoms with van der Waals surface area (Å²) in [6.07, 6.45) is 2.41. The number of rotatable bonds is 4. The second-order valence-electron chi connectivity index (χ2n) is 5.02. The number of halogens is 2. The molecule has 2 atom stereocenters. The average Bonchev–Trinajstić information content (AvgIpc) is 2.40. The average molecular weight is 321 g/mol. The van der Waals surface area contributed by atoms with E-state index in [-0.39, 0.29) is 6.10 Å². The summed E-state index contributed by atoms with van der Waals surface area (Å²) < 4.78 is 60.7. The zero-order valence-electron chi connectivity index (χ0n) is 11.5. The first-order chi connectivity index (χ1) is 9.81. The lowest BCUT2D eigenvalue weighted by Crippen LogP contribution is -2.30. The van der Waals surface area contributed by atoms with Gasteiger partial charge in [0.1, 0.15) is 16.8 Å². The Hall–Kier alpha value is -1.25. The molecule has 8 heteroatoms. The van der Waals surface area contributed by atoms with Crippen LogP contribution in [0.25, 0.3) is 0 Å². The predicted molar refractivity (Wildman–Crippen MR) is 71.4 cm³/mol. The minimum Gasteiger partial charge on any atom is -0.486 e. The van der Waals surface area contributed by atoms with E-state index in [9.17, 15) is 17.2 Å². The van der Waals surface area contributed by atoms with Crippen LogP contribution in [0.1, 0.15) is 25.7 Å². The van der Waals surface area contributed by atoms with Crippen LogP contribution in [-0.4, -0.2) is 27.7 Å². The molecule has 2 N–H and O–H groups in total. The van der Waals surface area contributed by atoms with E-state index in [4.69, 9.17) is 14.6 Å². The molecular weight excluding hydrogens is 304 g/mol. The first-order valence-electron chi connectivity index (χ1n) is 6.52. The Morgan fingerprint density at radius 2 is 1.90 bits per heavy atom. The lowest BCUT2D eigenvalue weighted by Gasteiger charge is -2.29. The van der Waals surface area contributed by atoms with Gasteiger partial charge in [-0.1, -0.05) is 0 Å². The highest BCUT2D eigenvalue weighted by molar-refractivity contribution is 7.89. The van der Waals surface area contributed by atoms with Crippen molar-refractivity contribution in [2.45, 2.75) is 42.8 Å². The minimum atomic E-state index is -4.28. The summed E-state index contributed by atoms with van der Waals surface area (Å²) in [5.74, 6) is -2.64. The van der Waals surface area contributed by atoms with Crippen LogP contribution in [0.2, 0.25) is 0 Å². The van der Waals surface area contributed by atoms with Crippen LogP contribution in [0.4, 0.5) is 8.78 Å². The van der Waals surface area contributed by atoms with E-state index in [1.807, 2.05) is 0 Å². The van der Waals surface area contributed by atoms with Crippen LogP contribution in [0.5, 0.6) is 5.75 Å². The van der Waals surface area contributed by atoms with Crippen LogP contribution >= 0.6 is 0 Å². The van der Waals surface area contributed by atoms with Crippen molar-refractivity contribution in [3.63, 3.8) is 0 Å². The summed E-state index contributed by atoms with van der Waals surface area (Å²) in [7, 11) is -2.71. The zero-order valence-corrected chi connectivity index (χ0v) is 12.3. The summed E-state index contributed by atoms with van der Waals surface area (Å²) >= 11 is 0. The van der Waals surface area contributed by atoms with Gasteiger partial charge in [0.05, 0.1) is 6.10 Å². The highest BCUT2D eigenvalue weighted by Crippen LogP contribution is 2.32. The molecule has 0 radical (unpaired) electrons. The number of primary sulfonamides is 1. The fourth-order valence-corrected chi connectivity index (χ4v) is 3.13. The van der Waals surface area contributed by atoms with Gasteiger partial charge in [0.25, 0.3) is 0 Å². The van der Waals surface area contributed by atoms with Gasteiger partial charge >= 0.3 is 0 Å². The monoisotopic (exact) mass is 321 g/mol. The highest BCUT2D eigenvalue weighted by Gasteiger charge is 2.28. The fourth-order valence-electron chi connectivity index (χ4n) is 2.45. The normalized spacial score (nSPS) is 23.0. The van der Waals surface area contributed by atoms with Crippen molar-refractivity contribution in [2.75, 3.05) is 7.11 Å². The van der Waals surface area contributed by atoms with Crippen molar-refractivity contribution in [1.82, 2.24) is 0 Å². The number of hydrogen-bond donors (Lipinski definition) is 1. The molecule has 1 saturated carbocycles. The summed E-state index contributed by atoms with van der Waals surface area (Å²) in [5, 5.41) is 4.99. The van der Waals surface area contributed by atoms with Crippen molar-refractivity contribution in [3.05, 3.63) is 23.8 Å². The fraction of sp³-hybridized carbons (Fsp3) is 0.538. The maximum atomic E-state index is 13.9. The molecule has 5 nitrogen and oxygen atoms in total. The Bertz CT molecular complexity index is 621. The molecule has 1 aliphatic rings. The van der Waals surface area contributed by atoms with E-state index >= 15 is 0 Å². The SMILES string of the molecule is COC1CCCC(Oc2c(F)cc(F)cc2S(N)(=O)=O)C1. The van der Waals surface area contributed by atoms with Gasteiger partial charge < -0.3 is 9.47 Å². The van der Waals surface area contributed by atoms with Crippen LogP contribution in [0.15, 0.2) is 17.0 Å². The number of nitrogens with two attached hydrogens (primary N) is 1. The van der Waals surface area contributed by atoms with E-state index in [2.05, 4.69) is 0 Å². The molecule has 0 heterocycles. The molecule has 1 aliphatic carbocycles. The molecule has 1 aromatic rings. The van der Waals surface area contributed by atoms with Crippen LogP contribution in [0, 0.1) is 11.6 Å². The summed E-state index contributed by atoms with van der Waals surface area (Å²) in [6.45, 7) is 0. The number of benzene rings is 1. The quantitative estimate of drug-likeness (QED) is 0.919. The van der Waals surface area contributed by atoms with Gasteiger partial charge in [-0.2, -0.15) is 0 Å². The van der Waals surface area contributed by atoms with Crippen molar-refractivity contribution in [3.8, 4) is 5.75 Å². The molecule has 0 saturated heterocycles. The summed E-state index contributed by atoms with van der Waals surface area (Å²) in [4.78, 5) is -0.681. The third-order valence-corrected chi connectivity index (χ3v) is 4.39. The lowest BCUT2D eigenvalue weighted by molar-refractivity contribution is 0.0187. The minimum absolute atomic E-state index is 0.0230. The zero-order chi connectivity index (χ0) is 15.6. The Kier molecular flexibility index (Phi) is 4.80. The van der Waals surface area contributed by atoms with Crippen LogP contribution in [-0.2, 0) is 14.8 Å². The van der Waals surface area contributed by atoms with Gasteiger partial charge in [-0.15, -0.1) is 0 Å². The van der Waals surface area contributed by atoms with Crippen molar-refractivity contribution < 1.29 is 26.7 Å². The first-order valence-corrected chi connectivity index (χ1v) is 8.07. The smallest absolute Gasteiger partial charge is 0.241 e. The number of methoxy groups -OCH3 is 1. The second kappa shape index (κ2) is 6.25. The Morgan fingerprint density at radius 1 is 1.24 bits per heavy atom. The molecule has 0 aromatic heterocycles. The molecule has 21 heavy (non-hydrogen) atoms. The molecule has 0 spiro atoms. The molecule has 0 amide bonds. The Balaban J connectivity index is 2.31. The number of ether oxygens (including phenoxy) is 2. The predicted octanol–water partition coefficient (Wildman–Crippen LogP) is 1.95. The van der Waals surface area contributed by atoms with Gasteiger partial charge in [-0.25, -0.2) is 22.3 Å². The molecule has 1 aromatic carbocycles. The standard InChI is InChI=1S/C13H17F2NO4S/c1-19-9-3-2-4-10(7-9)20-13-11(15)5-8(14)6-12(13)21(16,17)18/h5-6,9-10H,2-4,7H2,1H3,(H2,16,17,18). The van der Waals surface area contributed by atoms with Gasteiger partial charge in [-0.3, -0.25) is 0 Å². The summed E-state index contributed by atoms with van der Waals surface area (Å²) in [6, 6.07) is 1.23. The van der Waals surface area contributed by atoms with Crippen molar-refractivity contribution in [1.29, 1.82) is 0 Å². The third kappa shape index (κ3) is 3.90. The Labute approximate surface area is 122 Å². The van der Waals surface area contributed by atoms with Crippen LogP contribution in [0.3, 0.4) is 0 Å². The lowest BCUT2D eigenvalue weighted by atomic mass is 9.95. The molecule has 0 bridgehead atoms. The molecule has 0 aliphatic heterocycles. The number of hydrogen-bond acceptors (Lipinski definition) is 4. The Morgan fingerprint density at radius 3 is 2.52 bits per heavy atom. The summed E-state index contributed by atoms with van der Waals surface area (Å²) in [5.41, 5.74) is 0. The maximum absolute atomic E-state index is 13.9. The molecule has 118 valence electrons. The van der Waals surface area contributed by atoms with Gasteiger partial charge in [0.2, 0.25) is 10.0 Å². The van der Waals surface area contributed by atoms with E-state index < -0.39 is 38.4 Å². The second-order valence-corrected chi connectivity index (χ2v) is 6.55. The van der Waals surface area contributed by atoms with Crippen LogP contribution < -0.4 is 9.88 Å². The number of sulfonamides is 1. The molecule has 1 fully saturated rings. The molecule has 2 rings (SSSR count). The topological polar surface area (TPSA) is 78.6 Å². The highest BCUT2D eigenvalue weighted by atomic mass is 32.2. The third-order valence-electron chi connectivity index (χ3n) is 3.48. The first kappa shape index (κ1) is 16.1. The molecular formula is C13H17F2NO4S. The van der Waals surface area contributed by atoms with Gasteiger partial charge in [-0.05, 0) is 25.3 Å². The van der Waals surface area contributed by atoms with E-state index in [0.29, 0.717) is 25.0 Å². The van der Waals surface area contributed by atoms with Gasteiger partial charge in [0.15, 0.2) is 11.6 Å². The van der Waals surface area contributed by atoms with E-state index in [1.54, 1.807) is 7.11 Å². The largest absolute Gasteiger partial charge is 0.486 e. The van der Waals surface area contributed by atoms with Crippen molar-refractivity contribution in [2.24, 2.45) is 5.14 Å². The van der Waals surface area contributed by atoms with E-state index in [0.717, 1.165) is 12.8 Å². The van der Waals surface area contributed by atoms with Gasteiger partial charge in [0, 0.05) is 19.6 Å². The maximum Gasteiger partial charge on any atom is 0.241 e. The van der Waals surface area contributed by atoms with Crippen molar-refractivity contribution >= 4 is 10.0 Å².